The minimum Gasteiger partial charge on any atom is -0.393 e. The third-order valence-electron chi connectivity index (χ3n) is 6.54. The van der Waals surface area contributed by atoms with Crippen LogP contribution in [0.2, 0.25) is 0 Å². The van der Waals surface area contributed by atoms with Crippen LogP contribution in [0, 0.1) is 0 Å². The Kier molecular flexibility index (Phi) is 7.53. The number of anilines is 1. The second-order valence-electron chi connectivity index (χ2n) is 10.8. The molecule has 0 spiro atoms. The van der Waals surface area contributed by atoms with E-state index in [1.807, 2.05) is 6.92 Å². The first-order valence-electron chi connectivity index (χ1n) is 12.4. The SMILES string of the molecule is C[C@H]1CCCN1C(=O)c1nc(C(=O)NC2CC[C@@H](O)C2)sc1-c1cnc(NC(C)(C)C)cc1C(F)(F)F. The van der Waals surface area contributed by atoms with E-state index in [0.29, 0.717) is 25.8 Å². The summed E-state index contributed by atoms with van der Waals surface area (Å²) in [6, 6.07) is 0.577. The van der Waals surface area contributed by atoms with Crippen LogP contribution in [-0.4, -0.2) is 62.1 Å². The number of hydrogen-bond donors (Lipinski definition) is 3. The molecule has 3 N–H and O–H groups in total. The number of amides is 2. The van der Waals surface area contributed by atoms with Gasteiger partial charge in [-0.25, -0.2) is 9.97 Å². The highest BCUT2D eigenvalue weighted by atomic mass is 32.1. The van der Waals surface area contributed by atoms with E-state index in [1.165, 1.54) is 0 Å². The van der Waals surface area contributed by atoms with Crippen molar-refractivity contribution in [1.82, 2.24) is 20.2 Å². The van der Waals surface area contributed by atoms with E-state index in [0.717, 1.165) is 36.4 Å². The summed E-state index contributed by atoms with van der Waals surface area (Å²) in [6.45, 7) is 7.77. The number of aromatic nitrogens is 2. The number of alkyl halides is 3. The van der Waals surface area contributed by atoms with Crippen molar-refractivity contribution in [2.75, 3.05) is 11.9 Å². The van der Waals surface area contributed by atoms with Crippen LogP contribution < -0.4 is 10.6 Å². The van der Waals surface area contributed by atoms with Crippen LogP contribution in [0.25, 0.3) is 10.4 Å². The molecular formula is C25H32F3N5O3S. The van der Waals surface area contributed by atoms with E-state index in [-0.39, 0.29) is 39.0 Å². The molecule has 1 saturated heterocycles. The van der Waals surface area contributed by atoms with Gasteiger partial charge in [0, 0.05) is 35.9 Å². The highest BCUT2D eigenvalue weighted by Crippen LogP contribution is 2.42. The molecule has 202 valence electrons. The molecule has 0 radical (unpaired) electrons. The van der Waals surface area contributed by atoms with Gasteiger partial charge >= 0.3 is 6.18 Å². The van der Waals surface area contributed by atoms with Crippen LogP contribution in [0.3, 0.4) is 0 Å². The van der Waals surface area contributed by atoms with Crippen molar-refractivity contribution < 1.29 is 27.9 Å². The lowest BCUT2D eigenvalue weighted by Gasteiger charge is -2.23. The molecule has 2 aromatic rings. The maximum absolute atomic E-state index is 14.2. The lowest BCUT2D eigenvalue weighted by atomic mass is 10.1. The van der Waals surface area contributed by atoms with Crippen LogP contribution in [-0.2, 0) is 6.18 Å². The fourth-order valence-corrected chi connectivity index (χ4v) is 5.76. The largest absolute Gasteiger partial charge is 0.417 e. The molecule has 3 heterocycles. The molecule has 8 nitrogen and oxygen atoms in total. The number of hydrogen-bond acceptors (Lipinski definition) is 7. The van der Waals surface area contributed by atoms with Crippen molar-refractivity contribution in [1.29, 1.82) is 0 Å². The molecule has 1 aliphatic heterocycles. The number of carbonyl (C=O) groups excluding carboxylic acids is 2. The summed E-state index contributed by atoms with van der Waals surface area (Å²) >= 11 is 0.749. The summed E-state index contributed by atoms with van der Waals surface area (Å²) in [6.07, 6.45) is -1.05. The van der Waals surface area contributed by atoms with E-state index in [1.54, 1.807) is 25.7 Å². The number of pyridine rings is 1. The molecule has 2 amide bonds. The van der Waals surface area contributed by atoms with Crippen LogP contribution in [0.1, 0.15) is 85.7 Å². The summed E-state index contributed by atoms with van der Waals surface area (Å²) in [5.74, 6) is -1.03. The molecule has 0 aromatic carbocycles. The standard InChI is InChI=1S/C25H32F3N5O3S/c1-13-6-5-9-33(13)23(36)19-20(37-22(31-19)21(35)30-14-7-8-15(34)10-14)16-12-29-18(32-24(2,3)4)11-17(16)25(26,27)28/h11-15,34H,5-10H2,1-4H3,(H,29,32)(H,30,35)/t13-,14?,15+/m0/s1. The zero-order chi connectivity index (χ0) is 27.1. The number of nitrogens with one attached hydrogen (secondary N) is 2. The summed E-state index contributed by atoms with van der Waals surface area (Å²) < 4.78 is 42.7. The molecule has 12 heteroatoms. The van der Waals surface area contributed by atoms with E-state index in [9.17, 15) is 27.9 Å². The second kappa shape index (κ2) is 10.2. The van der Waals surface area contributed by atoms with Gasteiger partial charge in [-0.1, -0.05) is 0 Å². The van der Waals surface area contributed by atoms with Crippen molar-refractivity contribution in [3.63, 3.8) is 0 Å². The Morgan fingerprint density at radius 1 is 1.19 bits per heavy atom. The fourth-order valence-electron chi connectivity index (χ4n) is 4.78. The number of aliphatic hydroxyl groups excluding tert-OH is 1. The first-order chi connectivity index (χ1) is 17.2. The molecule has 2 aliphatic rings. The van der Waals surface area contributed by atoms with Crippen molar-refractivity contribution in [3.8, 4) is 10.4 Å². The molecule has 37 heavy (non-hydrogen) atoms. The number of aliphatic hydroxyl groups is 1. The first kappa shape index (κ1) is 27.3. The number of halogens is 3. The Morgan fingerprint density at radius 2 is 1.92 bits per heavy atom. The van der Waals surface area contributed by atoms with Crippen LogP contribution in [0.5, 0.6) is 0 Å². The zero-order valence-electron chi connectivity index (χ0n) is 21.3. The van der Waals surface area contributed by atoms with Crippen molar-refractivity contribution >= 4 is 29.0 Å². The summed E-state index contributed by atoms with van der Waals surface area (Å²) in [4.78, 5) is 36.5. The highest BCUT2D eigenvalue weighted by Gasteiger charge is 2.38. The fraction of sp³-hybridized carbons (Fsp3) is 0.600. The summed E-state index contributed by atoms with van der Waals surface area (Å²) in [5, 5.41) is 15.4. The number of rotatable bonds is 5. The Balaban J connectivity index is 1.78. The predicted octanol–water partition coefficient (Wildman–Crippen LogP) is 4.70. The summed E-state index contributed by atoms with van der Waals surface area (Å²) in [5.41, 5.74) is -1.96. The van der Waals surface area contributed by atoms with Crippen molar-refractivity contribution in [3.05, 3.63) is 28.5 Å². The van der Waals surface area contributed by atoms with Gasteiger partial charge in [-0.05, 0) is 65.9 Å². The number of thiazole rings is 1. The van der Waals surface area contributed by atoms with Gasteiger partial charge in [-0.3, -0.25) is 9.59 Å². The third-order valence-corrected chi connectivity index (χ3v) is 7.62. The van der Waals surface area contributed by atoms with Gasteiger partial charge in [0.2, 0.25) is 0 Å². The molecule has 2 fully saturated rings. The van der Waals surface area contributed by atoms with Crippen LogP contribution in [0.4, 0.5) is 19.0 Å². The minimum atomic E-state index is -4.74. The summed E-state index contributed by atoms with van der Waals surface area (Å²) in [7, 11) is 0. The molecule has 0 bridgehead atoms. The van der Waals surface area contributed by atoms with E-state index in [2.05, 4.69) is 20.6 Å². The van der Waals surface area contributed by atoms with Gasteiger partial charge in [0.05, 0.1) is 16.5 Å². The maximum atomic E-state index is 14.2. The van der Waals surface area contributed by atoms with Crippen molar-refractivity contribution in [2.45, 2.75) is 89.7 Å². The third kappa shape index (κ3) is 6.23. The second-order valence-corrected chi connectivity index (χ2v) is 11.8. The number of nitrogens with zero attached hydrogens (tertiary/aromatic N) is 3. The van der Waals surface area contributed by atoms with E-state index >= 15 is 0 Å². The van der Waals surface area contributed by atoms with Crippen molar-refractivity contribution in [2.24, 2.45) is 0 Å². The maximum Gasteiger partial charge on any atom is 0.417 e. The first-order valence-corrected chi connectivity index (χ1v) is 13.2. The molecule has 3 atom stereocenters. The Bertz CT molecular complexity index is 1180. The topological polar surface area (TPSA) is 107 Å². The molecule has 4 rings (SSSR count). The van der Waals surface area contributed by atoms with Gasteiger partial charge in [0.25, 0.3) is 11.8 Å². The molecule has 2 aromatic heterocycles. The Morgan fingerprint density at radius 3 is 2.49 bits per heavy atom. The minimum absolute atomic E-state index is 0.0390. The molecular weight excluding hydrogens is 507 g/mol. The number of likely N-dealkylation sites (tertiary alicyclic amines) is 1. The normalized spacial score (nSPS) is 22.4. The van der Waals surface area contributed by atoms with Crippen LogP contribution in [0.15, 0.2) is 12.3 Å². The van der Waals surface area contributed by atoms with Gasteiger partial charge in [0.1, 0.15) is 11.5 Å². The monoisotopic (exact) mass is 539 g/mol. The Hall–Kier alpha value is -2.73. The average molecular weight is 540 g/mol. The van der Waals surface area contributed by atoms with Gasteiger partial charge in [-0.2, -0.15) is 13.2 Å². The Labute approximate surface area is 217 Å². The van der Waals surface area contributed by atoms with Gasteiger partial charge in [0.15, 0.2) is 5.01 Å². The lowest BCUT2D eigenvalue weighted by Crippen LogP contribution is -2.35. The zero-order valence-corrected chi connectivity index (χ0v) is 22.1. The molecule has 1 saturated carbocycles. The van der Waals surface area contributed by atoms with E-state index < -0.39 is 35.2 Å². The molecule has 1 aliphatic carbocycles. The van der Waals surface area contributed by atoms with E-state index in [4.69, 9.17) is 0 Å². The predicted molar refractivity (Wildman–Crippen MR) is 135 cm³/mol. The lowest BCUT2D eigenvalue weighted by molar-refractivity contribution is -0.137. The highest BCUT2D eigenvalue weighted by molar-refractivity contribution is 7.17. The van der Waals surface area contributed by atoms with Gasteiger partial charge < -0.3 is 20.6 Å². The smallest absolute Gasteiger partial charge is 0.393 e. The quantitative estimate of drug-likeness (QED) is 0.509. The van der Waals surface area contributed by atoms with Gasteiger partial charge in [-0.15, -0.1) is 11.3 Å². The van der Waals surface area contributed by atoms with Crippen LogP contribution >= 0.6 is 11.3 Å². The molecule has 1 unspecified atom stereocenters. The average Bonchev–Trinajstić information content (AvgIpc) is 3.51. The number of carbonyl (C=O) groups is 2.